The Kier molecular flexibility index (Phi) is 21.7. The number of ether oxygens (including phenoxy) is 2. The average molecular weight is 706 g/mol. The predicted octanol–water partition coefficient (Wildman–Crippen LogP) is 3.72. The van der Waals surface area contributed by atoms with Gasteiger partial charge in [0.05, 0.1) is 0 Å². The number of aliphatic imine (C=N–C) groups is 1. The summed E-state index contributed by atoms with van der Waals surface area (Å²) in [5.41, 5.74) is -1.47. The molecule has 1 unspecified atom stereocenters. The molecule has 0 aromatic rings. The third-order valence-corrected chi connectivity index (χ3v) is 6.15. The van der Waals surface area contributed by atoms with Crippen molar-refractivity contribution in [3.05, 3.63) is 0 Å². The second kappa shape index (κ2) is 23.9. The first-order valence-electron chi connectivity index (χ1n) is 16.5. The Bertz CT molecular complexity index is 1090. The van der Waals surface area contributed by atoms with Crippen LogP contribution >= 0.6 is 0 Å². The van der Waals surface area contributed by atoms with Gasteiger partial charge in [0.1, 0.15) is 11.2 Å². The van der Waals surface area contributed by atoms with E-state index < -0.39 is 53.6 Å². The number of carbonyl (C=O) groups excluding carboxylic acids is 4. The third-order valence-electron chi connectivity index (χ3n) is 6.15. The highest BCUT2D eigenvalue weighted by molar-refractivity contribution is 6.03. The number of rotatable bonds is 20. The van der Waals surface area contributed by atoms with Crippen molar-refractivity contribution in [2.45, 2.75) is 117 Å². The first-order chi connectivity index (χ1) is 22.8. The molecule has 0 saturated carbocycles. The minimum absolute atomic E-state index is 0.0954. The predicted molar refractivity (Wildman–Crippen MR) is 179 cm³/mol. The number of unbranched alkanes of at least 4 members (excludes halogenated alkanes) is 6. The summed E-state index contributed by atoms with van der Waals surface area (Å²) in [7, 11) is 0. The summed E-state index contributed by atoms with van der Waals surface area (Å²) in [6.07, 6.45) is -0.565. The molecule has 0 spiro atoms. The van der Waals surface area contributed by atoms with Crippen molar-refractivity contribution in [3.63, 3.8) is 0 Å². The number of alkyl carbamates (subject to hydrolysis) is 1. The number of hydrogen-bond donors (Lipinski definition) is 7. The molecule has 17 nitrogen and oxygen atoms in total. The number of nitrogens with zero attached hydrogens (tertiary/aromatic N) is 2. The van der Waals surface area contributed by atoms with E-state index in [0.29, 0.717) is 32.1 Å². The van der Waals surface area contributed by atoms with E-state index in [-0.39, 0.29) is 45.2 Å². The fourth-order valence-corrected chi connectivity index (χ4v) is 3.98. The van der Waals surface area contributed by atoms with E-state index in [1.807, 2.05) is 5.32 Å². The molecule has 7 N–H and O–H groups in total. The van der Waals surface area contributed by atoms with Crippen LogP contribution in [0.2, 0.25) is 0 Å². The summed E-state index contributed by atoms with van der Waals surface area (Å²) in [6.45, 7) is 11.5. The maximum atomic E-state index is 14.3. The lowest BCUT2D eigenvalue weighted by atomic mass is 10.1. The first kappa shape index (κ1) is 44.6. The standard InChI is InChI=1S/C31H56FN7O10/c1-30(2,3)48-28(46)38-25(37-27(44)45)35-18-12-10-8-7-9-11-16-33-23(40)22(32)24(41)34-17-13-14-20-39(21-15-19-36-26(42)43)29(47)49-31(4,5)6/h22,36H,7-21H2,1-6H3,(H,33,40)(H,34,41)(H,42,43)(H,44,45)(H2,35,37,38,46). The number of carboxylic acid groups (broad SMARTS) is 2. The quantitative estimate of drug-likeness (QED) is 0.0419. The Morgan fingerprint density at radius 1 is 0.653 bits per heavy atom. The van der Waals surface area contributed by atoms with Crippen molar-refractivity contribution in [2.75, 3.05) is 39.3 Å². The molecule has 0 aliphatic heterocycles. The van der Waals surface area contributed by atoms with E-state index in [9.17, 15) is 33.2 Å². The van der Waals surface area contributed by atoms with Gasteiger partial charge in [-0.1, -0.05) is 25.7 Å². The highest BCUT2D eigenvalue weighted by Gasteiger charge is 2.25. The fraction of sp³-hybridized carbons (Fsp3) is 0.774. The molecule has 0 saturated heterocycles. The van der Waals surface area contributed by atoms with Gasteiger partial charge in [0.15, 0.2) is 0 Å². The van der Waals surface area contributed by atoms with Gasteiger partial charge in [0, 0.05) is 39.3 Å². The Morgan fingerprint density at radius 3 is 1.67 bits per heavy atom. The van der Waals surface area contributed by atoms with Crippen LogP contribution in [0.15, 0.2) is 4.99 Å². The van der Waals surface area contributed by atoms with Crippen molar-refractivity contribution in [3.8, 4) is 0 Å². The maximum Gasteiger partial charge on any atom is 0.414 e. The van der Waals surface area contributed by atoms with E-state index in [1.54, 1.807) is 41.5 Å². The SMILES string of the molecule is CC(C)(C)OC(=O)NC(=NCCCCCCCCNC(=O)C(F)C(=O)NCCCCN(CCCNC(=O)O)C(=O)OC(C)(C)C)NC(=O)O. The van der Waals surface area contributed by atoms with Crippen molar-refractivity contribution >= 4 is 42.1 Å². The first-order valence-corrected chi connectivity index (χ1v) is 16.5. The topological polar surface area (TPSA) is 237 Å². The Morgan fingerprint density at radius 2 is 1.14 bits per heavy atom. The molecule has 0 aromatic heterocycles. The zero-order valence-electron chi connectivity index (χ0n) is 29.6. The number of carbonyl (C=O) groups is 6. The highest BCUT2D eigenvalue weighted by atomic mass is 19.1. The molecule has 1 atom stereocenters. The van der Waals surface area contributed by atoms with Crippen molar-refractivity contribution < 1.29 is 52.8 Å². The molecule has 0 fully saturated rings. The van der Waals surface area contributed by atoms with Gasteiger partial charge in [-0.2, -0.15) is 0 Å². The second-order valence-corrected chi connectivity index (χ2v) is 13.1. The number of hydrogen-bond acceptors (Lipinski definition) is 9. The van der Waals surface area contributed by atoms with Crippen LogP contribution in [0.4, 0.5) is 23.6 Å². The van der Waals surface area contributed by atoms with Gasteiger partial charge in [0.2, 0.25) is 5.96 Å². The van der Waals surface area contributed by atoms with Crippen LogP contribution in [-0.4, -0.2) is 114 Å². The molecule has 0 aliphatic rings. The molecule has 0 heterocycles. The number of halogens is 1. The molecule has 6 amide bonds. The van der Waals surface area contributed by atoms with Crippen LogP contribution in [0.1, 0.15) is 99.3 Å². The average Bonchev–Trinajstić information content (AvgIpc) is 2.95. The Labute approximate surface area is 287 Å². The number of alkyl halides is 1. The van der Waals surface area contributed by atoms with E-state index in [4.69, 9.17) is 19.7 Å². The van der Waals surface area contributed by atoms with Gasteiger partial charge in [-0.15, -0.1) is 0 Å². The van der Waals surface area contributed by atoms with Gasteiger partial charge in [-0.3, -0.25) is 25.2 Å². The molecule has 282 valence electrons. The lowest BCUT2D eigenvalue weighted by Crippen LogP contribution is -2.45. The summed E-state index contributed by atoms with van der Waals surface area (Å²) in [5, 5.41) is 29.0. The van der Waals surface area contributed by atoms with E-state index in [0.717, 1.165) is 25.7 Å². The highest BCUT2D eigenvalue weighted by Crippen LogP contribution is 2.11. The van der Waals surface area contributed by atoms with Crippen molar-refractivity contribution in [2.24, 2.45) is 4.99 Å². The molecule has 0 aromatic carbocycles. The zero-order valence-corrected chi connectivity index (χ0v) is 29.6. The molecular weight excluding hydrogens is 649 g/mol. The lowest BCUT2D eigenvalue weighted by molar-refractivity contribution is -0.136. The van der Waals surface area contributed by atoms with Gasteiger partial charge in [-0.05, 0) is 73.6 Å². The third kappa shape index (κ3) is 26.3. The largest absolute Gasteiger partial charge is 0.465 e. The molecule has 0 aliphatic carbocycles. The minimum atomic E-state index is -2.36. The molecule has 0 rings (SSSR count). The second-order valence-electron chi connectivity index (χ2n) is 13.1. The van der Waals surface area contributed by atoms with Crippen LogP contribution in [0.5, 0.6) is 0 Å². The van der Waals surface area contributed by atoms with Crippen LogP contribution in [0.3, 0.4) is 0 Å². The smallest absolute Gasteiger partial charge is 0.414 e. The van der Waals surface area contributed by atoms with Gasteiger partial charge < -0.3 is 40.5 Å². The molecule has 0 bridgehead atoms. The van der Waals surface area contributed by atoms with Crippen LogP contribution in [0.25, 0.3) is 0 Å². The normalized spacial score (nSPS) is 12.3. The van der Waals surface area contributed by atoms with Crippen LogP contribution < -0.4 is 26.6 Å². The van der Waals surface area contributed by atoms with Gasteiger partial charge in [0.25, 0.3) is 18.0 Å². The number of guanidine groups is 1. The van der Waals surface area contributed by atoms with Gasteiger partial charge in [-0.25, -0.2) is 23.6 Å². The van der Waals surface area contributed by atoms with Gasteiger partial charge >= 0.3 is 24.4 Å². The Hall–Kier alpha value is -4.38. The number of nitrogens with one attached hydrogen (secondary N) is 5. The zero-order chi connectivity index (χ0) is 37.5. The summed E-state index contributed by atoms with van der Waals surface area (Å²) < 4.78 is 24.8. The summed E-state index contributed by atoms with van der Waals surface area (Å²) in [4.78, 5) is 75.6. The molecule has 18 heteroatoms. The van der Waals surface area contributed by atoms with E-state index >= 15 is 0 Å². The minimum Gasteiger partial charge on any atom is -0.465 e. The van der Waals surface area contributed by atoms with Crippen LogP contribution in [0, 0.1) is 0 Å². The fourth-order valence-electron chi connectivity index (χ4n) is 3.98. The van der Waals surface area contributed by atoms with Crippen molar-refractivity contribution in [1.82, 2.24) is 31.5 Å². The summed E-state index contributed by atoms with van der Waals surface area (Å²) in [5.74, 6) is -2.29. The summed E-state index contributed by atoms with van der Waals surface area (Å²) in [6, 6.07) is 0. The summed E-state index contributed by atoms with van der Waals surface area (Å²) >= 11 is 0. The van der Waals surface area contributed by atoms with E-state index in [1.165, 1.54) is 4.90 Å². The van der Waals surface area contributed by atoms with Crippen molar-refractivity contribution in [1.29, 1.82) is 0 Å². The lowest BCUT2D eigenvalue weighted by Gasteiger charge is -2.27. The molecule has 49 heavy (non-hydrogen) atoms. The number of amides is 6. The molecule has 0 radical (unpaired) electrons. The van der Waals surface area contributed by atoms with Crippen LogP contribution in [-0.2, 0) is 19.1 Å². The van der Waals surface area contributed by atoms with E-state index in [2.05, 4.69) is 26.3 Å². The monoisotopic (exact) mass is 705 g/mol. The maximum absolute atomic E-state index is 14.3. The Balaban J connectivity index is 4.25. The molecular formula is C31H56FN7O10.